The number of nitrogens with one attached hydrogen (secondary N) is 1. The molecule has 0 saturated heterocycles. The fourth-order valence-corrected chi connectivity index (χ4v) is 2.64. The summed E-state index contributed by atoms with van der Waals surface area (Å²) in [5.74, 6) is -0.824. The van der Waals surface area contributed by atoms with Crippen molar-refractivity contribution in [1.82, 2.24) is 0 Å². The first-order valence-electron chi connectivity index (χ1n) is 5.96. The molecule has 1 aliphatic rings. The summed E-state index contributed by atoms with van der Waals surface area (Å²) < 4.78 is 0. The molecule has 0 bridgehead atoms. The summed E-state index contributed by atoms with van der Waals surface area (Å²) in [5, 5.41) is 12.7. The van der Waals surface area contributed by atoms with E-state index in [1.54, 1.807) is 6.92 Å². The molecule has 2 amide bonds. The molecule has 0 unspecified atom stereocenters. The van der Waals surface area contributed by atoms with Gasteiger partial charge in [0.25, 0.3) is 5.69 Å². The van der Waals surface area contributed by atoms with Crippen LogP contribution in [0.2, 0.25) is 0 Å². The van der Waals surface area contributed by atoms with Crippen molar-refractivity contribution in [3.05, 3.63) is 33.9 Å². The van der Waals surface area contributed by atoms with Gasteiger partial charge in [0.2, 0.25) is 11.8 Å². The number of carbonyl (C=O) groups excluding carboxylic acids is 2. The Morgan fingerprint density at radius 1 is 1.57 bits per heavy atom. The normalized spacial score (nSPS) is 18.0. The molecule has 1 aromatic carbocycles. The number of nitro groups is 1. The lowest BCUT2D eigenvalue weighted by Crippen LogP contribution is -2.33. The molecule has 1 heterocycles. The number of hydrogen-bond acceptors (Lipinski definition) is 6. The number of thioether (sulfide) groups is 1. The summed E-state index contributed by atoms with van der Waals surface area (Å²) in [6, 6.07) is 4.13. The van der Waals surface area contributed by atoms with Crippen LogP contribution in [0.15, 0.2) is 23.2 Å². The minimum atomic E-state index is -0.649. The second kappa shape index (κ2) is 5.92. The van der Waals surface area contributed by atoms with Gasteiger partial charge < -0.3 is 11.1 Å². The number of nitrogens with zero attached hydrogens (tertiary/aromatic N) is 2. The zero-order valence-electron chi connectivity index (χ0n) is 11.0. The van der Waals surface area contributed by atoms with E-state index in [1.165, 1.54) is 18.2 Å². The Hall–Kier alpha value is -2.42. The van der Waals surface area contributed by atoms with Crippen LogP contribution in [0.5, 0.6) is 0 Å². The minimum Gasteiger partial charge on any atom is -0.378 e. The van der Waals surface area contributed by atoms with Crippen LogP contribution < -0.4 is 11.1 Å². The zero-order valence-corrected chi connectivity index (χ0v) is 11.8. The van der Waals surface area contributed by atoms with Crippen molar-refractivity contribution in [2.75, 3.05) is 5.32 Å². The lowest BCUT2D eigenvalue weighted by molar-refractivity contribution is -0.384. The molecule has 1 atom stereocenters. The second-order valence-electron chi connectivity index (χ2n) is 4.40. The number of non-ortho nitro benzene ring substituents is 1. The van der Waals surface area contributed by atoms with Gasteiger partial charge in [-0.3, -0.25) is 19.7 Å². The van der Waals surface area contributed by atoms with E-state index in [9.17, 15) is 19.7 Å². The topological polar surface area (TPSA) is 128 Å². The summed E-state index contributed by atoms with van der Waals surface area (Å²) in [4.78, 5) is 37.1. The van der Waals surface area contributed by atoms with Gasteiger partial charge in [0, 0.05) is 17.8 Å². The molecule has 110 valence electrons. The van der Waals surface area contributed by atoms with E-state index < -0.39 is 16.1 Å². The fourth-order valence-electron chi connectivity index (χ4n) is 1.80. The van der Waals surface area contributed by atoms with Gasteiger partial charge in [-0.2, -0.15) is 4.99 Å². The van der Waals surface area contributed by atoms with E-state index in [4.69, 9.17) is 5.73 Å². The van der Waals surface area contributed by atoms with Gasteiger partial charge in [-0.15, -0.1) is 0 Å². The first kappa shape index (κ1) is 15.0. The van der Waals surface area contributed by atoms with E-state index in [0.29, 0.717) is 11.3 Å². The zero-order chi connectivity index (χ0) is 15.6. The number of aliphatic imine (C=N–C) groups is 1. The van der Waals surface area contributed by atoms with Crippen LogP contribution in [0.25, 0.3) is 0 Å². The minimum absolute atomic E-state index is 0.0246. The third-order valence-electron chi connectivity index (χ3n) is 2.83. The van der Waals surface area contributed by atoms with Crippen LogP contribution in [0.3, 0.4) is 0 Å². The van der Waals surface area contributed by atoms with E-state index in [2.05, 4.69) is 10.3 Å². The first-order valence-corrected chi connectivity index (χ1v) is 6.84. The average molecular weight is 308 g/mol. The van der Waals surface area contributed by atoms with E-state index in [-0.39, 0.29) is 23.2 Å². The van der Waals surface area contributed by atoms with Crippen molar-refractivity contribution in [3.8, 4) is 0 Å². The number of nitrogens with two attached hydrogens (primary N) is 1. The highest BCUT2D eigenvalue weighted by Gasteiger charge is 2.28. The number of amidine groups is 1. The monoisotopic (exact) mass is 308 g/mol. The highest BCUT2D eigenvalue weighted by atomic mass is 32.2. The van der Waals surface area contributed by atoms with Crippen LogP contribution in [-0.4, -0.2) is 27.2 Å². The molecule has 1 aromatic rings. The number of hydrogen-bond donors (Lipinski definition) is 2. The highest BCUT2D eigenvalue weighted by Crippen LogP contribution is 2.25. The van der Waals surface area contributed by atoms with Gasteiger partial charge >= 0.3 is 0 Å². The first-order chi connectivity index (χ1) is 9.86. The van der Waals surface area contributed by atoms with Gasteiger partial charge in [0.05, 0.1) is 11.3 Å². The Morgan fingerprint density at radius 2 is 2.29 bits per heavy atom. The maximum Gasteiger partial charge on any atom is 0.269 e. The second-order valence-corrected chi connectivity index (χ2v) is 5.62. The number of anilines is 1. The van der Waals surface area contributed by atoms with Crippen molar-refractivity contribution in [1.29, 1.82) is 0 Å². The third kappa shape index (κ3) is 3.57. The van der Waals surface area contributed by atoms with Crippen LogP contribution in [-0.2, 0) is 9.59 Å². The SMILES string of the molecule is Cc1cc([N+](=O)[O-])ccc1NC(=O)[C@H]1CC(=O)N=C(N)S1. The Kier molecular flexibility index (Phi) is 4.22. The van der Waals surface area contributed by atoms with Crippen LogP contribution in [0.1, 0.15) is 12.0 Å². The Labute approximate surface area is 123 Å². The van der Waals surface area contributed by atoms with Crippen molar-refractivity contribution < 1.29 is 14.5 Å². The third-order valence-corrected chi connectivity index (χ3v) is 3.83. The molecule has 0 saturated carbocycles. The maximum atomic E-state index is 12.1. The number of nitro benzene ring substituents is 1. The molecule has 0 aromatic heterocycles. The molecule has 2 rings (SSSR count). The molecular weight excluding hydrogens is 296 g/mol. The van der Waals surface area contributed by atoms with Gasteiger partial charge in [-0.05, 0) is 18.6 Å². The van der Waals surface area contributed by atoms with Crippen molar-refractivity contribution in [2.24, 2.45) is 10.7 Å². The molecule has 9 heteroatoms. The van der Waals surface area contributed by atoms with E-state index >= 15 is 0 Å². The van der Waals surface area contributed by atoms with Gasteiger partial charge in [-0.1, -0.05) is 11.8 Å². The highest BCUT2D eigenvalue weighted by molar-refractivity contribution is 8.15. The number of carbonyl (C=O) groups is 2. The largest absolute Gasteiger partial charge is 0.378 e. The van der Waals surface area contributed by atoms with Crippen LogP contribution in [0, 0.1) is 17.0 Å². The molecule has 0 fully saturated rings. The Balaban J connectivity index is 2.11. The molecule has 0 radical (unpaired) electrons. The maximum absolute atomic E-state index is 12.1. The van der Waals surface area contributed by atoms with E-state index in [0.717, 1.165) is 11.8 Å². The molecular formula is C12H12N4O4S. The number of aryl methyl sites for hydroxylation is 1. The van der Waals surface area contributed by atoms with Crippen LogP contribution >= 0.6 is 11.8 Å². The number of amides is 2. The molecule has 21 heavy (non-hydrogen) atoms. The van der Waals surface area contributed by atoms with Gasteiger partial charge in [0.15, 0.2) is 5.17 Å². The predicted octanol–water partition coefficient (Wildman–Crippen LogP) is 1.19. The van der Waals surface area contributed by atoms with Crippen molar-refractivity contribution >= 4 is 40.1 Å². The summed E-state index contributed by atoms with van der Waals surface area (Å²) >= 11 is 1.02. The summed E-state index contributed by atoms with van der Waals surface area (Å²) in [6.07, 6.45) is -0.0246. The summed E-state index contributed by atoms with van der Waals surface area (Å²) in [7, 11) is 0. The van der Waals surface area contributed by atoms with Crippen molar-refractivity contribution in [2.45, 2.75) is 18.6 Å². The smallest absolute Gasteiger partial charge is 0.269 e. The summed E-state index contributed by atoms with van der Waals surface area (Å²) in [6.45, 7) is 1.65. The molecule has 8 nitrogen and oxygen atoms in total. The Bertz CT molecular complexity index is 659. The number of rotatable bonds is 3. The quantitative estimate of drug-likeness (QED) is 0.637. The van der Waals surface area contributed by atoms with Gasteiger partial charge in [-0.25, -0.2) is 0 Å². The predicted molar refractivity (Wildman–Crippen MR) is 79.1 cm³/mol. The van der Waals surface area contributed by atoms with Crippen molar-refractivity contribution in [3.63, 3.8) is 0 Å². The molecule has 0 aliphatic carbocycles. The molecule has 0 spiro atoms. The lowest BCUT2D eigenvalue weighted by atomic mass is 10.1. The van der Waals surface area contributed by atoms with Crippen LogP contribution in [0.4, 0.5) is 11.4 Å². The number of benzene rings is 1. The lowest BCUT2D eigenvalue weighted by Gasteiger charge is -2.18. The Morgan fingerprint density at radius 3 is 2.86 bits per heavy atom. The molecule has 1 aliphatic heterocycles. The fraction of sp³-hybridized carbons (Fsp3) is 0.250. The standard InChI is InChI=1S/C12H12N4O4S/c1-6-4-7(16(19)20)2-3-8(6)14-11(18)9-5-10(17)15-12(13)21-9/h2-4,9H,5H2,1H3,(H,14,18)(H2,13,15,17)/t9-/m1/s1. The summed E-state index contributed by atoms with van der Waals surface area (Å²) in [5.41, 5.74) is 6.43. The average Bonchev–Trinajstić information content (AvgIpc) is 2.39. The molecule has 3 N–H and O–H groups in total. The van der Waals surface area contributed by atoms with Gasteiger partial charge in [0.1, 0.15) is 5.25 Å². The van der Waals surface area contributed by atoms with E-state index in [1.807, 2.05) is 0 Å².